The van der Waals surface area contributed by atoms with Gasteiger partial charge in [-0.1, -0.05) is 30.3 Å². The van der Waals surface area contributed by atoms with Gasteiger partial charge in [-0.15, -0.1) is 0 Å². The molecule has 2 aliphatic rings. The van der Waals surface area contributed by atoms with Gasteiger partial charge in [-0.2, -0.15) is 0 Å². The molecule has 0 unspecified atom stereocenters. The van der Waals surface area contributed by atoms with Gasteiger partial charge in [0, 0.05) is 111 Å². The summed E-state index contributed by atoms with van der Waals surface area (Å²) in [7, 11) is 0. The summed E-state index contributed by atoms with van der Waals surface area (Å²) in [5.74, 6) is -0.125. The highest BCUT2D eigenvalue weighted by atomic mass is 16.1. The third kappa shape index (κ3) is 5.66. The summed E-state index contributed by atoms with van der Waals surface area (Å²) >= 11 is 0. The van der Waals surface area contributed by atoms with Gasteiger partial charge in [0.1, 0.15) is 0 Å². The summed E-state index contributed by atoms with van der Waals surface area (Å²) in [6.07, 6.45) is 19.1. The van der Waals surface area contributed by atoms with Gasteiger partial charge in [0.05, 0.1) is 22.8 Å². The van der Waals surface area contributed by atoms with Gasteiger partial charge in [-0.3, -0.25) is 19.7 Å². The van der Waals surface area contributed by atoms with Crippen LogP contribution in [0.15, 0.2) is 122 Å². The SMILES string of the molecule is CC(=O)Nc1ccc(-c2c3nc(c(-c4cccnc4)c4ccc([nH]4)c(-c4cccnc4)c4nc(c(-c5cccnc5)c5ccc2[nH]5)C=C4)C=C3)cc1. The third-order valence-corrected chi connectivity index (χ3v) is 9.10. The van der Waals surface area contributed by atoms with Gasteiger partial charge in [0.2, 0.25) is 5.91 Å². The standard InChI is InChI=1S/C43H30N8O/c1-26(52)47-31-10-8-27(9-11-31)40-32-12-14-34(48-32)41(28-5-2-20-44-23-28)36-16-18-38(50-36)43(30-7-4-22-46-25-30)39-19-17-37(51-39)42(29-6-3-21-45-24-29)35-15-13-33(40)49-35/h2-25,48,51H,1H3,(H,47,52). The van der Waals surface area contributed by atoms with E-state index in [-0.39, 0.29) is 5.91 Å². The van der Waals surface area contributed by atoms with Crippen molar-refractivity contribution in [3.05, 3.63) is 145 Å². The maximum atomic E-state index is 11.8. The molecule has 0 saturated heterocycles. The Kier molecular flexibility index (Phi) is 7.63. The van der Waals surface area contributed by atoms with E-state index in [1.165, 1.54) is 6.92 Å². The lowest BCUT2D eigenvalue weighted by Crippen LogP contribution is -2.05. The van der Waals surface area contributed by atoms with Gasteiger partial charge < -0.3 is 15.3 Å². The second kappa shape index (κ2) is 12.9. The number of benzene rings is 1. The first-order valence-electron chi connectivity index (χ1n) is 16.8. The molecule has 1 amide bonds. The summed E-state index contributed by atoms with van der Waals surface area (Å²) in [6.45, 7) is 1.50. The Morgan fingerprint density at radius 1 is 0.481 bits per heavy atom. The third-order valence-electron chi connectivity index (χ3n) is 9.10. The number of carbonyl (C=O) groups is 1. The Morgan fingerprint density at radius 2 is 0.846 bits per heavy atom. The van der Waals surface area contributed by atoms with E-state index in [0.717, 1.165) is 95.0 Å². The van der Waals surface area contributed by atoms with Crippen LogP contribution in [-0.2, 0) is 4.79 Å². The van der Waals surface area contributed by atoms with E-state index in [1.807, 2.05) is 73.2 Å². The van der Waals surface area contributed by atoms with Crippen molar-refractivity contribution < 1.29 is 4.79 Å². The average molecular weight is 675 g/mol. The zero-order chi connectivity index (χ0) is 35.0. The highest BCUT2D eigenvalue weighted by Crippen LogP contribution is 2.38. The molecule has 9 nitrogen and oxygen atoms in total. The number of hydrogen-bond acceptors (Lipinski definition) is 6. The molecule has 8 heterocycles. The number of hydrogen-bond donors (Lipinski definition) is 3. The van der Waals surface area contributed by atoms with E-state index in [9.17, 15) is 4.79 Å². The Balaban J connectivity index is 1.44. The first kappa shape index (κ1) is 30.8. The Hall–Kier alpha value is -7.26. The van der Waals surface area contributed by atoms with Gasteiger partial charge in [-0.25, -0.2) is 9.97 Å². The number of carbonyl (C=O) groups excluding carboxylic acids is 1. The Labute approximate surface area is 298 Å². The van der Waals surface area contributed by atoms with Gasteiger partial charge >= 0.3 is 0 Å². The van der Waals surface area contributed by atoms with E-state index >= 15 is 0 Å². The molecule has 2 aliphatic heterocycles. The molecule has 8 bridgehead atoms. The van der Waals surface area contributed by atoms with Crippen molar-refractivity contribution in [1.29, 1.82) is 0 Å². The van der Waals surface area contributed by atoms with Crippen LogP contribution in [0.5, 0.6) is 0 Å². The second-order valence-corrected chi connectivity index (χ2v) is 12.5. The maximum Gasteiger partial charge on any atom is 0.221 e. The predicted octanol–water partition coefficient (Wildman–Crippen LogP) is 9.47. The lowest BCUT2D eigenvalue weighted by molar-refractivity contribution is -0.114. The molecule has 0 saturated carbocycles. The van der Waals surface area contributed by atoms with Crippen LogP contribution in [0.3, 0.4) is 0 Å². The van der Waals surface area contributed by atoms with E-state index < -0.39 is 0 Å². The summed E-state index contributed by atoms with van der Waals surface area (Å²) in [5, 5.41) is 2.87. The molecule has 6 aromatic heterocycles. The lowest BCUT2D eigenvalue weighted by atomic mass is 10.0. The molecule has 248 valence electrons. The highest BCUT2D eigenvalue weighted by molar-refractivity contribution is 6.00. The molecule has 1 aromatic carbocycles. The summed E-state index contributed by atoms with van der Waals surface area (Å²) in [4.78, 5) is 43.2. The van der Waals surface area contributed by atoms with Crippen LogP contribution in [0.2, 0.25) is 0 Å². The number of anilines is 1. The van der Waals surface area contributed by atoms with Crippen molar-refractivity contribution in [2.45, 2.75) is 6.92 Å². The highest BCUT2D eigenvalue weighted by Gasteiger charge is 2.19. The van der Waals surface area contributed by atoms with Crippen LogP contribution in [0.25, 0.3) is 90.9 Å². The molecule has 9 rings (SSSR count). The van der Waals surface area contributed by atoms with Gasteiger partial charge in [0.15, 0.2) is 0 Å². The van der Waals surface area contributed by atoms with Crippen molar-refractivity contribution in [3.8, 4) is 44.5 Å². The Bertz CT molecular complexity index is 2680. The molecule has 9 heteroatoms. The molecule has 0 aliphatic carbocycles. The van der Waals surface area contributed by atoms with Crippen molar-refractivity contribution in [2.24, 2.45) is 0 Å². The molecule has 0 spiro atoms. The Morgan fingerprint density at radius 3 is 1.17 bits per heavy atom. The number of aromatic nitrogens is 7. The number of H-pyrrole nitrogens is 2. The number of aromatic amines is 2. The molecule has 0 atom stereocenters. The molecular weight excluding hydrogens is 645 g/mol. The van der Waals surface area contributed by atoms with E-state index in [1.54, 1.807) is 18.6 Å². The normalized spacial score (nSPS) is 11.9. The van der Waals surface area contributed by atoms with Crippen molar-refractivity contribution in [1.82, 2.24) is 34.9 Å². The van der Waals surface area contributed by atoms with Crippen molar-refractivity contribution in [3.63, 3.8) is 0 Å². The van der Waals surface area contributed by atoms with E-state index in [2.05, 4.69) is 84.9 Å². The first-order valence-corrected chi connectivity index (χ1v) is 16.8. The molecule has 0 fully saturated rings. The molecule has 7 aromatic rings. The summed E-state index contributed by atoms with van der Waals surface area (Å²) in [6, 6.07) is 28.1. The summed E-state index contributed by atoms with van der Waals surface area (Å²) < 4.78 is 0. The van der Waals surface area contributed by atoms with Crippen LogP contribution in [0.4, 0.5) is 5.69 Å². The number of nitrogens with one attached hydrogen (secondary N) is 3. The molecular formula is C43H30N8O. The second-order valence-electron chi connectivity index (χ2n) is 12.5. The van der Waals surface area contributed by atoms with Gasteiger partial charge in [-0.05, 0) is 84.5 Å². The fourth-order valence-electron chi connectivity index (χ4n) is 6.88. The largest absolute Gasteiger partial charge is 0.354 e. The van der Waals surface area contributed by atoms with Crippen LogP contribution >= 0.6 is 0 Å². The minimum atomic E-state index is -0.125. The molecule has 52 heavy (non-hydrogen) atoms. The zero-order valence-corrected chi connectivity index (χ0v) is 28.0. The number of amides is 1. The van der Waals surface area contributed by atoms with Gasteiger partial charge in [0.25, 0.3) is 0 Å². The van der Waals surface area contributed by atoms with Crippen LogP contribution in [0.1, 0.15) is 29.7 Å². The van der Waals surface area contributed by atoms with Crippen LogP contribution in [-0.4, -0.2) is 40.8 Å². The smallest absolute Gasteiger partial charge is 0.221 e. The fraction of sp³-hybridized carbons (Fsp3) is 0.0233. The first-order chi connectivity index (χ1) is 25.6. The number of rotatable bonds is 5. The van der Waals surface area contributed by atoms with E-state index in [0.29, 0.717) is 0 Å². The topological polar surface area (TPSA) is 125 Å². The molecule has 3 N–H and O–H groups in total. The molecule has 0 radical (unpaired) electrons. The zero-order valence-electron chi connectivity index (χ0n) is 28.0. The lowest BCUT2D eigenvalue weighted by Gasteiger charge is -2.07. The average Bonchev–Trinajstić information content (AvgIpc) is 4.01. The van der Waals surface area contributed by atoms with Crippen LogP contribution < -0.4 is 5.32 Å². The van der Waals surface area contributed by atoms with Crippen molar-refractivity contribution in [2.75, 3.05) is 5.32 Å². The number of nitrogens with zero attached hydrogens (tertiary/aromatic N) is 5. The quantitative estimate of drug-likeness (QED) is 0.167. The monoisotopic (exact) mass is 674 g/mol. The van der Waals surface area contributed by atoms with Crippen molar-refractivity contribution >= 4 is 58.0 Å². The number of fused-ring (bicyclic) bond motifs is 8. The predicted molar refractivity (Wildman–Crippen MR) is 208 cm³/mol. The van der Waals surface area contributed by atoms with E-state index in [4.69, 9.17) is 9.97 Å². The maximum absolute atomic E-state index is 11.8. The summed E-state index contributed by atoms with van der Waals surface area (Å²) in [5.41, 5.74) is 14.8. The minimum Gasteiger partial charge on any atom is -0.354 e. The fourth-order valence-corrected chi connectivity index (χ4v) is 6.88. The number of pyridine rings is 3. The van der Waals surface area contributed by atoms with Crippen LogP contribution in [0, 0.1) is 0 Å². The minimum absolute atomic E-state index is 0.125.